The van der Waals surface area contributed by atoms with Crippen molar-refractivity contribution in [1.82, 2.24) is 0 Å². The Labute approximate surface area is 241 Å². The second-order valence-electron chi connectivity index (χ2n) is 13.8. The first-order valence-corrected chi connectivity index (χ1v) is 24.2. The van der Waals surface area contributed by atoms with Crippen LogP contribution in [0.5, 0.6) is 0 Å². The zero-order chi connectivity index (χ0) is 24.2. The molecule has 0 aromatic rings. The maximum atomic E-state index is 4.93. The van der Waals surface area contributed by atoms with E-state index in [0.717, 1.165) is 58.4 Å². The molecule has 0 N–H and O–H groups in total. The average molecular weight is 623 g/mol. The van der Waals surface area contributed by atoms with Crippen LogP contribution in [0.3, 0.4) is 0 Å². The molecule has 0 aromatic carbocycles. The van der Waals surface area contributed by atoms with Gasteiger partial charge in [-0.2, -0.15) is 0 Å². The summed E-state index contributed by atoms with van der Waals surface area (Å²) < 4.78 is 0. The minimum atomic E-state index is -1.24. The molecule has 8 unspecified atom stereocenters. The Morgan fingerprint density at radius 1 is 0.743 bits per heavy atom. The van der Waals surface area contributed by atoms with Crippen LogP contribution < -0.4 is 0 Å². The van der Waals surface area contributed by atoms with Crippen LogP contribution in [0.1, 0.15) is 111 Å². The topological polar surface area (TPSA) is 0 Å². The Morgan fingerprint density at radius 2 is 1.20 bits per heavy atom. The second-order valence-corrected chi connectivity index (χ2v) is 22.7. The monoisotopic (exact) mass is 620 g/mol. The van der Waals surface area contributed by atoms with E-state index in [2.05, 4.69) is 40.8 Å². The third-order valence-electron chi connectivity index (χ3n) is 11.1. The summed E-state index contributed by atoms with van der Waals surface area (Å²) in [6.07, 6.45) is 20.3. The molecule has 35 heavy (non-hydrogen) atoms. The van der Waals surface area contributed by atoms with Gasteiger partial charge in [-0.3, -0.25) is 0 Å². The molecular formula is C31H60Cl2SiZr. The number of hydrogen-bond acceptors (Lipinski definition) is 0. The van der Waals surface area contributed by atoms with Gasteiger partial charge in [-0.05, 0) is 84.1 Å². The van der Waals surface area contributed by atoms with E-state index in [1.165, 1.54) is 19.3 Å². The first-order valence-electron chi connectivity index (χ1n) is 14.7. The van der Waals surface area contributed by atoms with Crippen molar-refractivity contribution in [3.05, 3.63) is 14.9 Å². The van der Waals surface area contributed by atoms with Crippen molar-refractivity contribution >= 4 is 25.1 Å². The van der Waals surface area contributed by atoms with Gasteiger partial charge in [-0.25, -0.2) is 0 Å². The SMILES string of the molecule is CC(C)CCCC1CC([Si](C)(C)C2CC(C(C)C)C3CCCCC32)C2CCCCC12.[CH3-].[CH3-].[Cl][Zr+2][Cl]. The molecule has 0 amide bonds. The maximum absolute atomic E-state index is 4.93. The van der Waals surface area contributed by atoms with Gasteiger partial charge in [-0.1, -0.05) is 98.6 Å². The zero-order valence-electron chi connectivity index (χ0n) is 24.7. The van der Waals surface area contributed by atoms with Crippen LogP contribution in [0.2, 0.25) is 24.2 Å². The first kappa shape index (κ1) is 34.7. The minimum absolute atomic E-state index is 0. The molecule has 4 saturated carbocycles. The molecule has 4 heteroatoms. The van der Waals surface area contributed by atoms with Gasteiger partial charge in [0.05, 0.1) is 8.07 Å². The predicted molar refractivity (Wildman–Crippen MR) is 160 cm³/mol. The van der Waals surface area contributed by atoms with Crippen molar-refractivity contribution in [2.45, 2.75) is 135 Å². The molecule has 0 bridgehead atoms. The summed E-state index contributed by atoms with van der Waals surface area (Å²) >= 11 is -0.826. The Hall–Kier alpha value is 1.68. The van der Waals surface area contributed by atoms with E-state index in [0.29, 0.717) is 0 Å². The summed E-state index contributed by atoms with van der Waals surface area (Å²) in [5, 5.41) is 0. The van der Waals surface area contributed by atoms with Crippen molar-refractivity contribution < 1.29 is 20.8 Å². The number of rotatable bonds is 7. The third-order valence-corrected chi connectivity index (χ3v) is 16.3. The summed E-state index contributed by atoms with van der Waals surface area (Å²) in [6, 6.07) is 0. The van der Waals surface area contributed by atoms with E-state index in [1.807, 2.05) is 0 Å². The number of hydrogen-bond donors (Lipinski definition) is 0. The molecule has 4 rings (SSSR count). The van der Waals surface area contributed by atoms with Gasteiger partial charge >= 0.3 is 37.9 Å². The molecule has 4 aliphatic carbocycles. The summed E-state index contributed by atoms with van der Waals surface area (Å²) in [5.41, 5.74) is 2.31. The molecule has 0 nitrogen and oxygen atoms in total. The van der Waals surface area contributed by atoms with Crippen molar-refractivity contribution in [2.24, 2.45) is 47.3 Å². The quantitative estimate of drug-likeness (QED) is 0.196. The van der Waals surface area contributed by atoms with Gasteiger partial charge < -0.3 is 14.9 Å². The fourth-order valence-electron chi connectivity index (χ4n) is 9.68. The van der Waals surface area contributed by atoms with E-state index in [4.69, 9.17) is 17.0 Å². The first-order chi connectivity index (χ1) is 15.7. The Kier molecular flexibility index (Phi) is 15.9. The molecule has 8 atom stereocenters. The third kappa shape index (κ3) is 8.34. The molecule has 4 fully saturated rings. The molecular weight excluding hydrogens is 563 g/mol. The average Bonchev–Trinajstić information content (AvgIpc) is 3.34. The van der Waals surface area contributed by atoms with E-state index in [-0.39, 0.29) is 14.9 Å². The van der Waals surface area contributed by atoms with E-state index in [9.17, 15) is 0 Å². The van der Waals surface area contributed by atoms with Gasteiger partial charge in [0.25, 0.3) is 0 Å². The normalized spacial score (nSPS) is 36.3. The standard InChI is InChI=1S/C29H54Si.2CH3.2ClH.Zr/c1-20(2)12-11-13-22-18-28(25-16-9-7-14-23(22)25)30(5,6)29-19-27(21(3)4)24-15-8-10-17-26(24)29;;;;;/h20-29H,7-19H2,1-6H3;2*1H3;2*1H;/q;2*-1;;;+4/p-2. The molecule has 0 aliphatic heterocycles. The van der Waals surface area contributed by atoms with Gasteiger partial charge in [-0.15, -0.1) is 0 Å². The summed E-state index contributed by atoms with van der Waals surface area (Å²) in [7, 11) is 8.62. The molecule has 0 saturated heterocycles. The van der Waals surface area contributed by atoms with Crippen LogP contribution in [0.4, 0.5) is 0 Å². The second kappa shape index (κ2) is 16.1. The molecule has 0 heterocycles. The zero-order valence-corrected chi connectivity index (χ0v) is 29.7. The van der Waals surface area contributed by atoms with Crippen molar-refractivity contribution in [3.63, 3.8) is 0 Å². The van der Waals surface area contributed by atoms with Crippen molar-refractivity contribution in [3.8, 4) is 0 Å². The van der Waals surface area contributed by atoms with Crippen LogP contribution in [0, 0.1) is 62.2 Å². The van der Waals surface area contributed by atoms with Gasteiger partial charge in [0.2, 0.25) is 0 Å². The van der Waals surface area contributed by atoms with Gasteiger partial charge in [0.15, 0.2) is 0 Å². The fraction of sp³-hybridized carbons (Fsp3) is 0.935. The van der Waals surface area contributed by atoms with E-state index in [1.54, 1.807) is 64.2 Å². The molecule has 0 spiro atoms. The van der Waals surface area contributed by atoms with E-state index < -0.39 is 28.9 Å². The Morgan fingerprint density at radius 3 is 1.71 bits per heavy atom. The molecule has 0 radical (unpaired) electrons. The van der Waals surface area contributed by atoms with Crippen LogP contribution in [-0.4, -0.2) is 8.07 Å². The fourth-order valence-corrected chi connectivity index (χ4v) is 15.1. The van der Waals surface area contributed by atoms with E-state index >= 15 is 0 Å². The predicted octanol–water partition coefficient (Wildman–Crippen LogP) is 11.8. The van der Waals surface area contributed by atoms with Crippen LogP contribution >= 0.6 is 17.0 Å². The molecule has 206 valence electrons. The van der Waals surface area contributed by atoms with Crippen LogP contribution in [-0.2, 0) is 20.8 Å². The van der Waals surface area contributed by atoms with Gasteiger partial charge in [0.1, 0.15) is 0 Å². The Bertz CT molecular complexity index is 580. The molecule has 4 aliphatic rings. The molecule has 0 aromatic heterocycles. The number of halogens is 2. The van der Waals surface area contributed by atoms with Crippen molar-refractivity contribution in [2.75, 3.05) is 0 Å². The number of fused-ring (bicyclic) bond motifs is 2. The summed E-state index contributed by atoms with van der Waals surface area (Å²) in [5.74, 6) is 8.42. The van der Waals surface area contributed by atoms with Gasteiger partial charge in [0, 0.05) is 0 Å². The van der Waals surface area contributed by atoms with Crippen LogP contribution in [0.15, 0.2) is 0 Å². The van der Waals surface area contributed by atoms with Crippen molar-refractivity contribution in [1.29, 1.82) is 0 Å². The summed E-state index contributed by atoms with van der Waals surface area (Å²) in [4.78, 5) is 0. The Balaban J connectivity index is 0.00000117. The summed E-state index contributed by atoms with van der Waals surface area (Å²) in [6.45, 7) is 15.7. The van der Waals surface area contributed by atoms with Crippen LogP contribution in [0.25, 0.3) is 0 Å².